The lowest BCUT2D eigenvalue weighted by atomic mass is 9.95. The van der Waals surface area contributed by atoms with Gasteiger partial charge in [0.2, 0.25) is 0 Å². The summed E-state index contributed by atoms with van der Waals surface area (Å²) in [6, 6.07) is 3.33. The first-order valence-corrected chi connectivity index (χ1v) is 6.65. The number of benzene rings is 1. The van der Waals surface area contributed by atoms with Crippen molar-refractivity contribution in [3.8, 4) is 0 Å². The van der Waals surface area contributed by atoms with Crippen LogP contribution in [-0.2, 0) is 4.74 Å². The second kappa shape index (κ2) is 5.15. The van der Waals surface area contributed by atoms with E-state index >= 15 is 0 Å². The van der Waals surface area contributed by atoms with Crippen LogP contribution in [0.1, 0.15) is 30.9 Å². The summed E-state index contributed by atoms with van der Waals surface area (Å²) >= 11 is 0. The van der Waals surface area contributed by atoms with E-state index in [1.54, 1.807) is 0 Å². The molecule has 4 atom stereocenters. The molecule has 1 aromatic carbocycles. The monoisotopic (exact) mass is 269 g/mol. The van der Waals surface area contributed by atoms with Gasteiger partial charge in [-0.25, -0.2) is 8.78 Å². The SMILES string of the molecule is OC(CNC1CC2CCC1O2)c1cc(F)ccc1F. The Bertz CT molecular complexity index is 469. The first kappa shape index (κ1) is 13.0. The zero-order valence-electron chi connectivity index (χ0n) is 10.5. The van der Waals surface area contributed by atoms with Crippen LogP contribution in [0.5, 0.6) is 0 Å². The Morgan fingerprint density at radius 2 is 2.21 bits per heavy atom. The summed E-state index contributed by atoms with van der Waals surface area (Å²) in [6.07, 6.45) is 2.55. The van der Waals surface area contributed by atoms with Crippen LogP contribution in [0.2, 0.25) is 0 Å². The minimum Gasteiger partial charge on any atom is -0.387 e. The topological polar surface area (TPSA) is 41.5 Å². The summed E-state index contributed by atoms with van der Waals surface area (Å²) in [5.41, 5.74) is -0.00317. The summed E-state index contributed by atoms with van der Waals surface area (Å²) in [6.45, 7) is 0.206. The van der Waals surface area contributed by atoms with Gasteiger partial charge in [-0.2, -0.15) is 0 Å². The number of rotatable bonds is 4. The van der Waals surface area contributed by atoms with Crippen LogP contribution in [0.25, 0.3) is 0 Å². The third kappa shape index (κ3) is 2.63. The van der Waals surface area contributed by atoms with E-state index in [9.17, 15) is 13.9 Å². The predicted octanol–water partition coefficient (Wildman–Crippen LogP) is 1.91. The van der Waals surface area contributed by atoms with Crippen molar-refractivity contribution < 1.29 is 18.6 Å². The number of nitrogens with one attached hydrogen (secondary N) is 1. The molecule has 2 N–H and O–H groups in total. The highest BCUT2D eigenvalue weighted by Crippen LogP contribution is 2.34. The summed E-state index contributed by atoms with van der Waals surface area (Å²) in [5, 5.41) is 13.1. The maximum Gasteiger partial charge on any atom is 0.129 e. The molecule has 3 rings (SSSR count). The van der Waals surface area contributed by atoms with E-state index in [1.165, 1.54) is 0 Å². The smallest absolute Gasteiger partial charge is 0.129 e. The third-order valence-electron chi connectivity index (χ3n) is 4.00. The van der Waals surface area contributed by atoms with Crippen LogP contribution in [-0.4, -0.2) is 29.9 Å². The fraction of sp³-hybridized carbons (Fsp3) is 0.571. The molecule has 0 saturated carbocycles. The van der Waals surface area contributed by atoms with Crippen LogP contribution >= 0.6 is 0 Å². The van der Waals surface area contributed by atoms with Crippen molar-refractivity contribution in [1.29, 1.82) is 0 Å². The van der Waals surface area contributed by atoms with Crippen molar-refractivity contribution >= 4 is 0 Å². The molecule has 2 fully saturated rings. The molecule has 19 heavy (non-hydrogen) atoms. The highest BCUT2D eigenvalue weighted by Gasteiger charge is 2.40. The van der Waals surface area contributed by atoms with Gasteiger partial charge in [0.25, 0.3) is 0 Å². The summed E-state index contributed by atoms with van der Waals surface area (Å²) in [7, 11) is 0. The highest BCUT2D eigenvalue weighted by molar-refractivity contribution is 5.21. The molecule has 3 nitrogen and oxygen atoms in total. The molecule has 1 aromatic rings. The number of aliphatic hydroxyl groups excluding tert-OH is 1. The number of aliphatic hydroxyl groups is 1. The van der Waals surface area contributed by atoms with Crippen LogP contribution in [0.15, 0.2) is 18.2 Å². The van der Waals surface area contributed by atoms with Crippen molar-refractivity contribution in [1.82, 2.24) is 5.32 Å². The Hall–Kier alpha value is -1.04. The van der Waals surface area contributed by atoms with Crippen molar-refractivity contribution in [2.75, 3.05) is 6.54 Å². The van der Waals surface area contributed by atoms with Gasteiger partial charge in [0.05, 0.1) is 18.3 Å². The lowest BCUT2D eigenvalue weighted by Crippen LogP contribution is -2.39. The van der Waals surface area contributed by atoms with E-state index in [4.69, 9.17) is 4.74 Å². The lowest BCUT2D eigenvalue weighted by molar-refractivity contribution is 0.0940. The third-order valence-corrected chi connectivity index (χ3v) is 4.00. The summed E-state index contributed by atoms with van der Waals surface area (Å²) in [4.78, 5) is 0. The van der Waals surface area contributed by atoms with Gasteiger partial charge in [-0.1, -0.05) is 0 Å². The van der Waals surface area contributed by atoms with Gasteiger partial charge in [-0.15, -0.1) is 0 Å². The second-order valence-corrected chi connectivity index (χ2v) is 5.31. The first-order chi connectivity index (χ1) is 9.13. The van der Waals surface area contributed by atoms with Gasteiger partial charge in [-0.3, -0.25) is 0 Å². The van der Waals surface area contributed by atoms with Crippen molar-refractivity contribution in [3.63, 3.8) is 0 Å². The van der Waals surface area contributed by atoms with Crippen LogP contribution in [0.3, 0.4) is 0 Å². The zero-order valence-corrected chi connectivity index (χ0v) is 10.5. The van der Waals surface area contributed by atoms with Gasteiger partial charge in [-0.05, 0) is 37.5 Å². The molecule has 104 valence electrons. The number of halogens is 2. The van der Waals surface area contributed by atoms with Gasteiger partial charge in [0.1, 0.15) is 11.6 Å². The van der Waals surface area contributed by atoms with E-state index in [-0.39, 0.29) is 24.3 Å². The highest BCUT2D eigenvalue weighted by atomic mass is 19.1. The van der Waals surface area contributed by atoms with Crippen molar-refractivity contribution in [2.45, 2.75) is 43.6 Å². The fourth-order valence-corrected chi connectivity index (χ4v) is 3.00. The first-order valence-electron chi connectivity index (χ1n) is 6.65. The van der Waals surface area contributed by atoms with E-state index in [0.29, 0.717) is 6.10 Å². The molecule has 2 aliphatic heterocycles. The zero-order chi connectivity index (χ0) is 13.4. The number of hydrogen-bond donors (Lipinski definition) is 2. The average Bonchev–Trinajstić information content (AvgIpc) is 3.01. The minimum atomic E-state index is -1.05. The second-order valence-electron chi connectivity index (χ2n) is 5.31. The molecule has 2 heterocycles. The minimum absolute atomic E-state index is 0.00317. The van der Waals surface area contributed by atoms with Crippen molar-refractivity contribution in [2.24, 2.45) is 0 Å². The molecule has 0 radical (unpaired) electrons. The molecular formula is C14H17F2NO2. The quantitative estimate of drug-likeness (QED) is 0.877. The standard InChI is InChI=1S/C14H17F2NO2/c15-8-1-3-11(16)10(5-8)13(18)7-17-12-6-9-2-4-14(12)19-9/h1,3,5,9,12-14,17-18H,2,4,6-7H2. The van der Waals surface area contributed by atoms with Gasteiger partial charge < -0.3 is 15.2 Å². The van der Waals surface area contributed by atoms with Crippen molar-refractivity contribution in [3.05, 3.63) is 35.4 Å². The van der Waals surface area contributed by atoms with Gasteiger partial charge >= 0.3 is 0 Å². The largest absolute Gasteiger partial charge is 0.387 e. The Kier molecular flexibility index (Phi) is 3.52. The number of ether oxygens (including phenoxy) is 1. The lowest BCUT2D eigenvalue weighted by Gasteiger charge is -2.22. The van der Waals surface area contributed by atoms with E-state index in [1.807, 2.05) is 0 Å². The van der Waals surface area contributed by atoms with E-state index in [2.05, 4.69) is 5.32 Å². The summed E-state index contributed by atoms with van der Waals surface area (Å²) < 4.78 is 32.2. The molecule has 2 aliphatic rings. The Balaban J connectivity index is 1.59. The average molecular weight is 269 g/mol. The molecular weight excluding hydrogens is 252 g/mol. The molecule has 4 unspecified atom stereocenters. The summed E-state index contributed by atoms with van der Waals surface area (Å²) in [5.74, 6) is -1.13. The van der Waals surface area contributed by atoms with E-state index < -0.39 is 17.7 Å². The van der Waals surface area contributed by atoms with Crippen LogP contribution in [0.4, 0.5) is 8.78 Å². The molecule has 0 aliphatic carbocycles. The number of fused-ring (bicyclic) bond motifs is 2. The maximum atomic E-state index is 13.5. The van der Waals surface area contributed by atoms with Gasteiger partial charge in [0.15, 0.2) is 0 Å². The Labute approximate surface area is 110 Å². The molecule has 5 heteroatoms. The Morgan fingerprint density at radius 1 is 1.37 bits per heavy atom. The Morgan fingerprint density at radius 3 is 2.89 bits per heavy atom. The van der Waals surface area contributed by atoms with Gasteiger partial charge in [0, 0.05) is 18.2 Å². The molecule has 2 bridgehead atoms. The molecule has 2 saturated heterocycles. The normalized spacial score (nSPS) is 30.8. The fourth-order valence-electron chi connectivity index (χ4n) is 3.00. The molecule has 0 spiro atoms. The molecule has 0 aromatic heterocycles. The maximum absolute atomic E-state index is 13.5. The predicted molar refractivity (Wildman–Crippen MR) is 65.6 cm³/mol. The molecule has 0 amide bonds. The number of hydrogen-bond acceptors (Lipinski definition) is 3. The van der Waals surface area contributed by atoms with Crippen LogP contribution < -0.4 is 5.32 Å². The van der Waals surface area contributed by atoms with E-state index in [0.717, 1.165) is 37.5 Å². The van der Waals surface area contributed by atoms with Crippen LogP contribution in [0, 0.1) is 11.6 Å².